The van der Waals surface area contributed by atoms with Gasteiger partial charge in [-0.1, -0.05) is 0 Å². The summed E-state index contributed by atoms with van der Waals surface area (Å²) >= 11 is 0. The van der Waals surface area contributed by atoms with E-state index in [-0.39, 0.29) is 24.4 Å². The van der Waals surface area contributed by atoms with Gasteiger partial charge in [0.2, 0.25) is 5.91 Å². The summed E-state index contributed by atoms with van der Waals surface area (Å²) in [5, 5.41) is 10.8. The number of carboxylic acids is 1. The van der Waals surface area contributed by atoms with Crippen LogP contribution in [0, 0.1) is 5.92 Å². The van der Waals surface area contributed by atoms with Gasteiger partial charge in [0.1, 0.15) is 6.54 Å². The van der Waals surface area contributed by atoms with Crippen LogP contribution in [0.2, 0.25) is 0 Å². The minimum absolute atomic E-state index is 0.0471. The third-order valence-corrected chi connectivity index (χ3v) is 2.56. The Bertz CT molecular complexity index is 222. The summed E-state index contributed by atoms with van der Waals surface area (Å²) in [4.78, 5) is 21.6. The first kappa shape index (κ1) is 11.0. The molecule has 0 aliphatic heterocycles. The Morgan fingerprint density at radius 1 is 1.29 bits per heavy atom. The summed E-state index contributed by atoms with van der Waals surface area (Å²) in [5.41, 5.74) is 5.69. The molecule has 1 aliphatic rings. The molecule has 5 nitrogen and oxygen atoms in total. The molecule has 1 fully saturated rings. The highest BCUT2D eigenvalue weighted by molar-refractivity contribution is 5.82. The second kappa shape index (κ2) is 4.95. The molecule has 0 saturated heterocycles. The van der Waals surface area contributed by atoms with Gasteiger partial charge in [-0.25, -0.2) is 0 Å². The zero-order valence-electron chi connectivity index (χ0n) is 8.03. The lowest BCUT2D eigenvalue weighted by atomic mass is 9.86. The van der Waals surface area contributed by atoms with Crippen molar-refractivity contribution in [1.82, 2.24) is 5.32 Å². The number of carboxylic acid groups (broad SMARTS) is 1. The molecule has 0 bridgehead atoms. The maximum Gasteiger partial charge on any atom is 0.322 e. The molecule has 1 aliphatic carbocycles. The van der Waals surface area contributed by atoms with Crippen LogP contribution >= 0.6 is 0 Å². The average molecular weight is 200 g/mol. The van der Waals surface area contributed by atoms with E-state index in [1.807, 2.05) is 0 Å². The molecule has 0 radical (unpaired) electrons. The van der Waals surface area contributed by atoms with Gasteiger partial charge in [-0.2, -0.15) is 0 Å². The van der Waals surface area contributed by atoms with E-state index in [9.17, 15) is 9.59 Å². The zero-order chi connectivity index (χ0) is 10.6. The Labute approximate surface area is 82.7 Å². The summed E-state index contributed by atoms with van der Waals surface area (Å²) in [5.74, 6) is -1.21. The number of amides is 1. The fourth-order valence-corrected chi connectivity index (χ4v) is 1.69. The molecule has 0 spiro atoms. The minimum atomic E-state index is -1.01. The van der Waals surface area contributed by atoms with E-state index in [1.54, 1.807) is 0 Å². The summed E-state index contributed by atoms with van der Waals surface area (Å²) in [6.45, 7) is -0.290. The molecule has 5 heteroatoms. The van der Waals surface area contributed by atoms with Gasteiger partial charge < -0.3 is 16.2 Å². The van der Waals surface area contributed by atoms with Gasteiger partial charge in [0.15, 0.2) is 0 Å². The van der Waals surface area contributed by atoms with E-state index in [1.165, 1.54) is 0 Å². The molecule has 1 rings (SSSR count). The molecule has 0 aromatic rings. The second-order valence-corrected chi connectivity index (χ2v) is 3.72. The van der Waals surface area contributed by atoms with Crippen LogP contribution in [-0.4, -0.2) is 29.6 Å². The topological polar surface area (TPSA) is 92.4 Å². The number of nitrogens with one attached hydrogen (secondary N) is 1. The standard InChI is InChI=1S/C9H16N2O3/c10-7-3-1-6(2-4-7)9(14)11-5-8(12)13/h6-7H,1-5,10H2,(H,11,14)(H,12,13). The maximum atomic E-state index is 11.4. The zero-order valence-corrected chi connectivity index (χ0v) is 8.03. The van der Waals surface area contributed by atoms with Crippen LogP contribution in [0.5, 0.6) is 0 Å². The Morgan fingerprint density at radius 3 is 2.36 bits per heavy atom. The predicted molar refractivity (Wildman–Crippen MR) is 50.6 cm³/mol. The largest absolute Gasteiger partial charge is 0.480 e. The summed E-state index contributed by atoms with van der Waals surface area (Å²) < 4.78 is 0. The molecule has 0 aromatic carbocycles. The lowest BCUT2D eigenvalue weighted by Gasteiger charge is -2.24. The smallest absolute Gasteiger partial charge is 0.322 e. The van der Waals surface area contributed by atoms with Gasteiger partial charge in [0.05, 0.1) is 0 Å². The van der Waals surface area contributed by atoms with Crippen molar-refractivity contribution in [2.45, 2.75) is 31.7 Å². The monoisotopic (exact) mass is 200 g/mol. The molecular formula is C9H16N2O3. The first-order valence-corrected chi connectivity index (χ1v) is 4.84. The van der Waals surface area contributed by atoms with Gasteiger partial charge in [-0.05, 0) is 25.7 Å². The van der Waals surface area contributed by atoms with E-state index >= 15 is 0 Å². The van der Waals surface area contributed by atoms with Crippen LogP contribution in [0.25, 0.3) is 0 Å². The highest BCUT2D eigenvalue weighted by Crippen LogP contribution is 2.22. The van der Waals surface area contributed by atoms with Crippen LogP contribution in [0.3, 0.4) is 0 Å². The van der Waals surface area contributed by atoms with E-state index in [0.717, 1.165) is 25.7 Å². The highest BCUT2D eigenvalue weighted by atomic mass is 16.4. The van der Waals surface area contributed by atoms with Crippen molar-refractivity contribution in [2.75, 3.05) is 6.54 Å². The number of carbonyl (C=O) groups excluding carboxylic acids is 1. The van der Waals surface area contributed by atoms with Gasteiger partial charge in [0.25, 0.3) is 0 Å². The van der Waals surface area contributed by atoms with Crippen LogP contribution in [0.4, 0.5) is 0 Å². The molecule has 0 aromatic heterocycles. The molecule has 1 amide bonds. The van der Waals surface area contributed by atoms with Crippen molar-refractivity contribution in [3.05, 3.63) is 0 Å². The number of hydrogen-bond donors (Lipinski definition) is 3. The molecule has 80 valence electrons. The number of aliphatic carboxylic acids is 1. The third-order valence-electron chi connectivity index (χ3n) is 2.56. The molecule has 0 heterocycles. The Kier molecular flexibility index (Phi) is 3.88. The van der Waals surface area contributed by atoms with E-state index < -0.39 is 5.97 Å². The predicted octanol–water partition coefficient (Wildman–Crippen LogP) is -0.295. The fourth-order valence-electron chi connectivity index (χ4n) is 1.69. The van der Waals surface area contributed by atoms with Crippen molar-refractivity contribution < 1.29 is 14.7 Å². The normalized spacial score (nSPS) is 26.9. The Balaban J connectivity index is 2.27. The van der Waals surface area contributed by atoms with E-state index in [2.05, 4.69) is 5.32 Å². The highest BCUT2D eigenvalue weighted by Gasteiger charge is 2.24. The van der Waals surface area contributed by atoms with E-state index in [0.29, 0.717) is 0 Å². The van der Waals surface area contributed by atoms with Crippen molar-refractivity contribution in [1.29, 1.82) is 0 Å². The van der Waals surface area contributed by atoms with Crippen molar-refractivity contribution in [3.8, 4) is 0 Å². The van der Waals surface area contributed by atoms with Gasteiger partial charge in [0, 0.05) is 12.0 Å². The van der Waals surface area contributed by atoms with Crippen LogP contribution in [-0.2, 0) is 9.59 Å². The van der Waals surface area contributed by atoms with E-state index in [4.69, 9.17) is 10.8 Å². The summed E-state index contributed by atoms with van der Waals surface area (Å²) in [6.07, 6.45) is 3.25. The van der Waals surface area contributed by atoms with Gasteiger partial charge >= 0.3 is 5.97 Å². The molecule has 0 unspecified atom stereocenters. The maximum absolute atomic E-state index is 11.4. The summed E-state index contributed by atoms with van der Waals surface area (Å²) in [7, 11) is 0. The molecule has 0 atom stereocenters. The van der Waals surface area contributed by atoms with Crippen molar-refractivity contribution in [2.24, 2.45) is 11.7 Å². The third kappa shape index (κ3) is 3.33. The molecule has 14 heavy (non-hydrogen) atoms. The lowest BCUT2D eigenvalue weighted by Crippen LogP contribution is -2.38. The number of nitrogens with two attached hydrogens (primary N) is 1. The quantitative estimate of drug-likeness (QED) is 0.583. The number of hydrogen-bond acceptors (Lipinski definition) is 3. The molecule has 1 saturated carbocycles. The van der Waals surface area contributed by atoms with Crippen LogP contribution in [0.1, 0.15) is 25.7 Å². The van der Waals surface area contributed by atoms with Crippen molar-refractivity contribution >= 4 is 11.9 Å². The van der Waals surface area contributed by atoms with Gasteiger partial charge in [-0.3, -0.25) is 9.59 Å². The van der Waals surface area contributed by atoms with Gasteiger partial charge in [-0.15, -0.1) is 0 Å². The first-order chi connectivity index (χ1) is 6.59. The second-order valence-electron chi connectivity index (χ2n) is 3.72. The number of carbonyl (C=O) groups is 2. The molecular weight excluding hydrogens is 184 g/mol. The Morgan fingerprint density at radius 2 is 1.86 bits per heavy atom. The fraction of sp³-hybridized carbons (Fsp3) is 0.778. The first-order valence-electron chi connectivity index (χ1n) is 4.84. The summed E-state index contributed by atoms with van der Waals surface area (Å²) in [6, 6.07) is 0.207. The average Bonchev–Trinajstić information content (AvgIpc) is 2.15. The molecule has 4 N–H and O–H groups in total. The SMILES string of the molecule is NC1CCC(C(=O)NCC(=O)O)CC1. The van der Waals surface area contributed by atoms with Crippen LogP contribution < -0.4 is 11.1 Å². The van der Waals surface area contributed by atoms with Crippen LogP contribution in [0.15, 0.2) is 0 Å². The van der Waals surface area contributed by atoms with Crippen molar-refractivity contribution in [3.63, 3.8) is 0 Å². The minimum Gasteiger partial charge on any atom is -0.480 e. The lowest BCUT2D eigenvalue weighted by molar-refractivity contribution is -0.138. The number of rotatable bonds is 3. The Hall–Kier alpha value is -1.10.